The second-order valence-corrected chi connectivity index (χ2v) is 9.05. The Hall–Kier alpha value is -6.08. The van der Waals surface area contributed by atoms with Gasteiger partial charge in [-0.3, -0.25) is 0 Å². The van der Waals surface area contributed by atoms with Crippen molar-refractivity contribution in [1.29, 1.82) is 0 Å². The quantitative estimate of drug-likeness (QED) is 0.0593. The van der Waals surface area contributed by atoms with Gasteiger partial charge in [0.1, 0.15) is 11.0 Å². The first-order valence-electron chi connectivity index (χ1n) is 15.6. The molecule has 0 aromatic carbocycles. The van der Waals surface area contributed by atoms with Gasteiger partial charge >= 0.3 is 75.5 Å². The number of H-pyrrole nitrogens is 2. The number of fused-ring (bicyclic) bond motifs is 2. The Morgan fingerprint density at radius 3 is 0.750 bits per heavy atom. The summed E-state index contributed by atoms with van der Waals surface area (Å²) in [4.78, 5) is 84.9. The third-order valence-electron chi connectivity index (χ3n) is 4.48. The Labute approximate surface area is 424 Å². The van der Waals surface area contributed by atoms with E-state index < -0.39 is 35.8 Å². The van der Waals surface area contributed by atoms with E-state index in [1.165, 1.54) is 49.1 Å². The molecule has 0 saturated heterocycles. The van der Waals surface area contributed by atoms with Gasteiger partial charge in [0.15, 0.2) is 22.9 Å². The van der Waals surface area contributed by atoms with Gasteiger partial charge in [-0.15, -0.1) is 0 Å². The Morgan fingerprint density at radius 1 is 0.422 bits per heavy atom. The van der Waals surface area contributed by atoms with E-state index in [9.17, 15) is 59.4 Å². The van der Waals surface area contributed by atoms with E-state index in [4.69, 9.17) is 22.9 Å². The Bertz CT molecular complexity index is 1810. The molecule has 0 amide bonds. The predicted octanol–water partition coefficient (Wildman–Crippen LogP) is -8.78. The average molecular weight is 1220 g/mol. The van der Waals surface area contributed by atoms with Gasteiger partial charge in [0.25, 0.3) is 0 Å². The molecule has 4 heterocycles. The number of carboxylic acid groups (broad SMARTS) is 6. The molecule has 0 atom stereocenters. The van der Waals surface area contributed by atoms with E-state index in [0.717, 1.165) is 36.5 Å². The van der Waals surface area contributed by atoms with Crippen LogP contribution in [0.1, 0.15) is 41.5 Å². The maximum atomic E-state index is 9.40. The number of nitrogens with zero attached hydrogens (tertiary/aromatic N) is 6. The molecule has 4 rings (SSSR count). The second-order valence-electron chi connectivity index (χ2n) is 9.05. The van der Waals surface area contributed by atoms with Crippen LogP contribution in [0, 0.1) is 75.5 Å². The molecule has 0 unspecified atom stereocenters. The number of aromatic amines is 2. The monoisotopic (exact) mass is 1220 g/mol. The summed E-state index contributed by atoms with van der Waals surface area (Å²) in [6, 6.07) is 0. The van der Waals surface area contributed by atoms with Crippen molar-refractivity contribution >= 4 is 81.7 Å². The fourth-order valence-electron chi connectivity index (χ4n) is 2.56. The summed E-state index contributed by atoms with van der Waals surface area (Å²) >= 11 is 0. The van der Waals surface area contributed by atoms with Crippen molar-refractivity contribution in [2.45, 2.75) is 41.5 Å². The molecule has 0 saturated carbocycles. The molecular weight excluding hydrogens is 1160 g/mol. The molecule has 22 N–H and O–H groups in total. The van der Waals surface area contributed by atoms with Gasteiger partial charge in [-0.1, -0.05) is 36.5 Å². The van der Waals surface area contributed by atoms with Crippen molar-refractivity contribution in [3.05, 3.63) is 85.6 Å². The molecule has 0 spiro atoms. The zero-order valence-corrected chi connectivity index (χ0v) is 38.8. The molecule has 0 aliphatic carbocycles. The van der Waals surface area contributed by atoms with Crippen molar-refractivity contribution in [2.24, 2.45) is 0 Å². The van der Waals surface area contributed by atoms with E-state index >= 15 is 0 Å². The molecule has 4 aromatic rings. The number of anilines is 4. The molecule has 4 aromatic heterocycles. The zero-order chi connectivity index (χ0) is 45.6. The SMILES string of the molecule is C/C=C/C(=O)[O-].C/C=C/C(=O)[O-].C/C=C/C(=O)[O-].C/C=C/C(=O)[O-].C/C=C/C(=O)[O-].C/C=C/C(=O)[O-].Nc1nc(N)c2[nH]cnc2n1.Nc1nc(N)c2[nH]cnc2n1.[Ho+3].[Ho+3].[OH3+].[OH3+].[OH3+].[OH3+]. The number of carboxylic acids is 6. The van der Waals surface area contributed by atoms with Gasteiger partial charge in [-0.2, -0.15) is 19.9 Å². The number of imidazole rings is 2. The maximum absolute atomic E-state index is 9.40. The smallest absolute Gasteiger partial charge is 0.545 e. The predicted molar refractivity (Wildman–Crippen MR) is 219 cm³/mol. The summed E-state index contributed by atoms with van der Waals surface area (Å²) in [5.41, 5.74) is 23.9. The number of nitrogens with one attached hydrogen (secondary N) is 2. The number of carbonyl (C=O) groups excluding carboxylic acids is 6. The van der Waals surface area contributed by atoms with Crippen LogP contribution >= 0.6 is 0 Å². The van der Waals surface area contributed by atoms with Gasteiger partial charge in [0.05, 0.1) is 48.5 Å². The minimum atomic E-state index is -1.14. The van der Waals surface area contributed by atoms with E-state index in [1.54, 1.807) is 41.5 Å². The molecule has 28 nitrogen and oxygen atoms in total. The second kappa shape index (κ2) is 53.1. The topological polar surface area (TPSA) is 586 Å². The van der Waals surface area contributed by atoms with Crippen LogP contribution in [-0.2, 0) is 50.7 Å². The Morgan fingerprint density at radius 2 is 0.609 bits per heavy atom. The average Bonchev–Trinajstić information content (AvgIpc) is 3.77. The minimum absolute atomic E-state index is 0. The van der Waals surface area contributed by atoms with E-state index in [1.807, 2.05) is 0 Å². The van der Waals surface area contributed by atoms with Gasteiger partial charge < -0.3 is 114 Å². The number of carbonyl (C=O) groups is 6. The van der Waals surface area contributed by atoms with Crippen LogP contribution in [-0.4, -0.2) is 75.7 Å². The number of rotatable bonds is 6. The van der Waals surface area contributed by atoms with Crippen LogP contribution in [0.15, 0.2) is 85.6 Å². The van der Waals surface area contributed by atoms with Crippen molar-refractivity contribution < 1.29 is 157 Å². The fourth-order valence-corrected chi connectivity index (χ4v) is 2.56. The van der Waals surface area contributed by atoms with Crippen molar-refractivity contribution in [1.82, 2.24) is 39.9 Å². The molecule has 64 heavy (non-hydrogen) atoms. The standard InChI is InChI=1S/2C5H6N6.6C4H6O2.2Ho.4H2O/c2*6-3-2-4(9-1-8-2)11-5(7)10-3;6*1-2-3-4(5)6;;;;;;/h2*1H,(H5,6,7,8,9,10,11);6*2-3H,1H3,(H,5,6);;;4*1H2/q;;;;;;;;2*+3;;;;/p-2/b;;6*3-2+;;;;;;. The summed E-state index contributed by atoms with van der Waals surface area (Å²) in [6.45, 7) is 9.72. The van der Waals surface area contributed by atoms with Crippen LogP contribution in [0.25, 0.3) is 22.3 Å². The summed E-state index contributed by atoms with van der Waals surface area (Å²) in [5, 5.41) is 56.4. The van der Waals surface area contributed by atoms with Crippen molar-refractivity contribution in [3.63, 3.8) is 0 Å². The summed E-state index contributed by atoms with van der Waals surface area (Å²) in [6.07, 6.45) is 17.3. The Balaban J connectivity index is -0.0000000655. The number of hydrogen-bond donors (Lipinski definition) is 6. The molecule has 30 heteroatoms. The molecule has 0 aliphatic rings. The molecule has 0 aliphatic heterocycles. The van der Waals surface area contributed by atoms with Gasteiger partial charge in [0, 0.05) is 0 Å². The number of nitrogens with two attached hydrogens (primary N) is 4. The van der Waals surface area contributed by atoms with Gasteiger partial charge in [0.2, 0.25) is 11.9 Å². The minimum Gasteiger partial charge on any atom is -0.545 e. The zero-order valence-electron chi connectivity index (χ0n) is 34.9. The molecule has 0 bridgehead atoms. The van der Waals surface area contributed by atoms with Crippen molar-refractivity contribution in [3.8, 4) is 0 Å². The summed E-state index contributed by atoms with van der Waals surface area (Å²) in [5.74, 6) is -5.92. The number of nitrogen functional groups attached to an aromatic ring is 4. The molecule has 0 fully saturated rings. The fraction of sp³-hybridized carbons (Fsp3) is 0.176. The van der Waals surface area contributed by atoms with Crippen molar-refractivity contribution in [2.75, 3.05) is 22.9 Å². The van der Waals surface area contributed by atoms with Crippen LogP contribution < -0.4 is 53.6 Å². The van der Waals surface area contributed by atoms with Gasteiger partial charge in [-0.25, -0.2) is 9.97 Å². The first kappa shape index (κ1) is 81.7. The number of allylic oxidation sites excluding steroid dienone is 6. The summed E-state index contributed by atoms with van der Waals surface area (Å²) < 4.78 is 0. The number of aromatic nitrogens is 8. The van der Waals surface area contributed by atoms with E-state index in [2.05, 4.69) is 39.9 Å². The molecule has 364 valence electrons. The largest absolute Gasteiger partial charge is 3.00 e. The first-order valence-corrected chi connectivity index (χ1v) is 15.6. The number of aliphatic carboxylic acids is 6. The Kier molecular flexibility index (Phi) is 67.7. The number of hydrogen-bond acceptors (Lipinski definition) is 22. The van der Waals surface area contributed by atoms with Crippen LogP contribution in [0.5, 0.6) is 0 Å². The third-order valence-corrected chi connectivity index (χ3v) is 4.48. The van der Waals surface area contributed by atoms with E-state index in [-0.39, 0.29) is 109 Å². The maximum Gasteiger partial charge on any atom is 3.00 e. The van der Waals surface area contributed by atoms with Gasteiger partial charge in [-0.05, 0) is 78.0 Å². The third kappa shape index (κ3) is 53.9. The first-order chi connectivity index (χ1) is 27.2. The summed E-state index contributed by atoms with van der Waals surface area (Å²) in [7, 11) is 0. The van der Waals surface area contributed by atoms with Crippen LogP contribution in [0.3, 0.4) is 0 Å². The molecular formula is C34H54Ho2N12O16+4. The van der Waals surface area contributed by atoms with E-state index in [0.29, 0.717) is 34.0 Å². The normalized spacial score (nSPS) is 8.97. The van der Waals surface area contributed by atoms with Crippen LogP contribution in [0.4, 0.5) is 23.5 Å². The van der Waals surface area contributed by atoms with Crippen LogP contribution in [0.2, 0.25) is 0 Å². The molecule has 0 radical (unpaired) electrons.